The molecule has 1 aliphatic carbocycles. The summed E-state index contributed by atoms with van der Waals surface area (Å²) in [5.74, 6) is 0.535. The summed E-state index contributed by atoms with van der Waals surface area (Å²) < 4.78 is 28.6. The molecule has 1 aliphatic heterocycles. The lowest BCUT2D eigenvalue weighted by atomic mass is 9.79. The molecule has 0 amide bonds. The van der Waals surface area contributed by atoms with Crippen molar-refractivity contribution in [3.63, 3.8) is 0 Å². The van der Waals surface area contributed by atoms with Gasteiger partial charge in [-0.2, -0.15) is 4.31 Å². The van der Waals surface area contributed by atoms with Crippen LogP contribution in [-0.2, 0) is 10.0 Å². The molecule has 0 spiro atoms. The fourth-order valence-corrected chi connectivity index (χ4v) is 6.38. The Hall–Kier alpha value is -1.46. The molecule has 2 atom stereocenters. The van der Waals surface area contributed by atoms with E-state index in [1.54, 1.807) is 16.6 Å². The average Bonchev–Trinajstić information content (AvgIpc) is 2.60. The van der Waals surface area contributed by atoms with Gasteiger partial charge in [0.25, 0.3) is 0 Å². The van der Waals surface area contributed by atoms with E-state index in [1.807, 2.05) is 25.1 Å². The summed E-state index contributed by atoms with van der Waals surface area (Å²) in [6.07, 6.45) is 8.44. The molecule has 2 aliphatic rings. The summed E-state index contributed by atoms with van der Waals surface area (Å²) in [6, 6.07) is 7.67. The number of aromatic nitrogens is 1. The third-order valence-corrected chi connectivity index (χ3v) is 7.55. The van der Waals surface area contributed by atoms with Crippen LogP contribution in [0.15, 0.2) is 35.4 Å². The molecule has 24 heavy (non-hydrogen) atoms. The molecule has 1 aromatic carbocycles. The second kappa shape index (κ2) is 6.12. The average molecular weight is 344 g/mol. The number of nitrogens with zero attached hydrogens (tertiary/aromatic N) is 2. The SMILES string of the molecule is Cc1cnc2c(S(=O)(=O)N3CCCC4CCCCC43)cccc2c1. The van der Waals surface area contributed by atoms with Gasteiger partial charge >= 0.3 is 0 Å². The maximum Gasteiger partial charge on any atom is 0.245 e. The first-order chi connectivity index (χ1) is 11.6. The number of aryl methyl sites for hydroxylation is 1. The minimum Gasteiger partial charge on any atom is -0.255 e. The van der Waals surface area contributed by atoms with Gasteiger partial charge in [-0.05, 0) is 56.2 Å². The van der Waals surface area contributed by atoms with E-state index in [0.717, 1.165) is 30.2 Å². The molecule has 2 unspecified atom stereocenters. The van der Waals surface area contributed by atoms with Gasteiger partial charge in [0.05, 0.1) is 5.52 Å². The molecule has 0 N–H and O–H groups in total. The zero-order valence-corrected chi connectivity index (χ0v) is 14.9. The second-order valence-corrected chi connectivity index (χ2v) is 9.07. The van der Waals surface area contributed by atoms with Crippen molar-refractivity contribution >= 4 is 20.9 Å². The van der Waals surface area contributed by atoms with Gasteiger partial charge in [-0.3, -0.25) is 4.98 Å². The van der Waals surface area contributed by atoms with Gasteiger partial charge in [0, 0.05) is 24.2 Å². The van der Waals surface area contributed by atoms with Gasteiger partial charge < -0.3 is 0 Å². The van der Waals surface area contributed by atoms with Crippen molar-refractivity contribution in [3.05, 3.63) is 36.0 Å². The van der Waals surface area contributed by atoms with Crippen LogP contribution in [-0.4, -0.2) is 30.3 Å². The Morgan fingerprint density at radius 3 is 2.79 bits per heavy atom. The molecule has 1 saturated heterocycles. The van der Waals surface area contributed by atoms with Crippen LogP contribution in [0.3, 0.4) is 0 Å². The van der Waals surface area contributed by atoms with Crippen LogP contribution in [0.25, 0.3) is 10.9 Å². The Labute approximate surface area is 143 Å². The Balaban J connectivity index is 1.80. The number of fused-ring (bicyclic) bond motifs is 2. The monoisotopic (exact) mass is 344 g/mol. The van der Waals surface area contributed by atoms with E-state index in [9.17, 15) is 8.42 Å². The smallest absolute Gasteiger partial charge is 0.245 e. The number of piperidine rings is 1. The van der Waals surface area contributed by atoms with Crippen molar-refractivity contribution in [1.82, 2.24) is 9.29 Å². The van der Waals surface area contributed by atoms with Crippen molar-refractivity contribution in [3.8, 4) is 0 Å². The van der Waals surface area contributed by atoms with E-state index < -0.39 is 10.0 Å². The van der Waals surface area contributed by atoms with Crippen molar-refractivity contribution in [2.75, 3.05) is 6.54 Å². The Kier molecular flexibility index (Phi) is 4.09. The first-order valence-electron chi connectivity index (χ1n) is 8.94. The second-order valence-electron chi connectivity index (χ2n) is 7.21. The molecule has 1 saturated carbocycles. The van der Waals surface area contributed by atoms with E-state index in [1.165, 1.54) is 19.3 Å². The van der Waals surface area contributed by atoms with Gasteiger partial charge in [0.1, 0.15) is 4.90 Å². The van der Waals surface area contributed by atoms with Crippen LogP contribution in [0, 0.1) is 12.8 Å². The summed E-state index contributed by atoms with van der Waals surface area (Å²) in [5.41, 5.74) is 1.64. The number of hydrogen-bond acceptors (Lipinski definition) is 3. The summed E-state index contributed by atoms with van der Waals surface area (Å²) in [5, 5.41) is 0.897. The zero-order valence-electron chi connectivity index (χ0n) is 14.1. The minimum atomic E-state index is -3.50. The van der Waals surface area contributed by atoms with Crippen LogP contribution in [0.4, 0.5) is 0 Å². The molecule has 4 rings (SSSR count). The molecule has 2 heterocycles. The lowest BCUT2D eigenvalue weighted by Gasteiger charge is -2.43. The fraction of sp³-hybridized carbons (Fsp3) is 0.526. The van der Waals surface area contributed by atoms with Gasteiger partial charge in [-0.1, -0.05) is 25.0 Å². The van der Waals surface area contributed by atoms with Crippen LogP contribution >= 0.6 is 0 Å². The third-order valence-electron chi connectivity index (χ3n) is 5.59. The first kappa shape index (κ1) is 16.0. The minimum absolute atomic E-state index is 0.179. The van der Waals surface area contributed by atoms with E-state index in [-0.39, 0.29) is 6.04 Å². The van der Waals surface area contributed by atoms with Gasteiger partial charge in [0.2, 0.25) is 10.0 Å². The lowest BCUT2D eigenvalue weighted by molar-refractivity contribution is 0.129. The Morgan fingerprint density at radius 1 is 1.12 bits per heavy atom. The number of rotatable bonds is 2. The van der Waals surface area contributed by atoms with Crippen LogP contribution < -0.4 is 0 Å². The standard InChI is InChI=1S/C19H24N2O2S/c1-14-12-16-7-4-10-18(19(16)20-13-14)24(22,23)21-11-5-8-15-6-2-3-9-17(15)21/h4,7,10,12-13,15,17H,2-3,5-6,8-9,11H2,1H3. The van der Waals surface area contributed by atoms with Crippen molar-refractivity contribution < 1.29 is 8.42 Å². The predicted molar refractivity (Wildman–Crippen MR) is 95.4 cm³/mol. The predicted octanol–water partition coefficient (Wildman–Crippen LogP) is 3.89. The van der Waals surface area contributed by atoms with Crippen LogP contribution in [0.1, 0.15) is 44.1 Å². The third kappa shape index (κ3) is 2.64. The number of benzene rings is 1. The summed E-state index contributed by atoms with van der Waals surface area (Å²) in [7, 11) is -3.50. The molecule has 4 nitrogen and oxygen atoms in total. The van der Waals surface area contributed by atoms with E-state index in [0.29, 0.717) is 22.9 Å². The lowest BCUT2D eigenvalue weighted by Crippen LogP contribution is -2.49. The molecule has 0 radical (unpaired) electrons. The highest BCUT2D eigenvalue weighted by Crippen LogP contribution is 2.38. The molecular weight excluding hydrogens is 320 g/mol. The molecule has 0 bridgehead atoms. The molecule has 1 aromatic heterocycles. The maximum atomic E-state index is 13.4. The fourth-order valence-electron chi connectivity index (χ4n) is 4.45. The normalized spacial score (nSPS) is 25.5. The van der Waals surface area contributed by atoms with E-state index in [2.05, 4.69) is 4.98 Å². The summed E-state index contributed by atoms with van der Waals surface area (Å²) in [4.78, 5) is 4.81. The molecular formula is C19H24N2O2S. The molecule has 2 aromatic rings. The molecule has 5 heteroatoms. The van der Waals surface area contributed by atoms with Crippen LogP contribution in [0.5, 0.6) is 0 Å². The van der Waals surface area contributed by atoms with Gasteiger partial charge in [-0.15, -0.1) is 0 Å². The largest absolute Gasteiger partial charge is 0.255 e. The van der Waals surface area contributed by atoms with Crippen molar-refractivity contribution in [2.45, 2.75) is 56.4 Å². The topological polar surface area (TPSA) is 50.3 Å². The zero-order chi connectivity index (χ0) is 16.7. The highest BCUT2D eigenvalue weighted by Gasteiger charge is 2.40. The number of sulfonamides is 1. The highest BCUT2D eigenvalue weighted by molar-refractivity contribution is 7.89. The molecule has 2 fully saturated rings. The first-order valence-corrected chi connectivity index (χ1v) is 10.4. The van der Waals surface area contributed by atoms with E-state index in [4.69, 9.17) is 0 Å². The maximum absolute atomic E-state index is 13.4. The number of pyridine rings is 1. The Morgan fingerprint density at radius 2 is 1.92 bits per heavy atom. The summed E-state index contributed by atoms with van der Waals surface area (Å²) >= 11 is 0. The van der Waals surface area contributed by atoms with Gasteiger partial charge in [0.15, 0.2) is 0 Å². The Bertz CT molecular complexity index is 861. The van der Waals surface area contributed by atoms with Gasteiger partial charge in [-0.25, -0.2) is 8.42 Å². The highest BCUT2D eigenvalue weighted by atomic mass is 32.2. The van der Waals surface area contributed by atoms with Crippen molar-refractivity contribution in [1.29, 1.82) is 0 Å². The van der Waals surface area contributed by atoms with Crippen molar-refractivity contribution in [2.24, 2.45) is 5.92 Å². The van der Waals surface area contributed by atoms with Crippen LogP contribution in [0.2, 0.25) is 0 Å². The van der Waals surface area contributed by atoms with E-state index >= 15 is 0 Å². The molecule has 128 valence electrons. The quantitative estimate of drug-likeness (QED) is 0.830. The summed E-state index contributed by atoms with van der Waals surface area (Å²) in [6.45, 7) is 2.62. The number of para-hydroxylation sites is 1. The number of hydrogen-bond donors (Lipinski definition) is 0.